The van der Waals surface area contributed by atoms with E-state index in [1.165, 1.54) is 29.5 Å². The summed E-state index contributed by atoms with van der Waals surface area (Å²) >= 11 is 1.62. The maximum atomic E-state index is 13.2. The smallest absolute Gasteiger partial charge is 0.232 e. The van der Waals surface area contributed by atoms with Gasteiger partial charge in [0.1, 0.15) is 0 Å². The second-order valence-electron chi connectivity index (χ2n) is 9.02. The van der Waals surface area contributed by atoms with Crippen molar-refractivity contribution in [3.63, 3.8) is 0 Å². The maximum absolute atomic E-state index is 13.2. The number of amides is 1. The second kappa shape index (κ2) is 5.54. The number of hydrogen-bond acceptors (Lipinski definition) is 3. The molecule has 4 saturated carbocycles. The van der Waals surface area contributed by atoms with E-state index in [1.807, 2.05) is 0 Å². The number of hydrogen-bond donors (Lipinski definition) is 1. The van der Waals surface area contributed by atoms with E-state index in [1.54, 1.807) is 11.3 Å². The highest BCUT2D eigenvalue weighted by atomic mass is 32.1. The molecule has 0 radical (unpaired) electrons. The molecule has 2 aromatic rings. The summed E-state index contributed by atoms with van der Waals surface area (Å²) in [6.07, 6.45) is 7.41. The van der Waals surface area contributed by atoms with Gasteiger partial charge in [0.25, 0.3) is 0 Å². The van der Waals surface area contributed by atoms with E-state index >= 15 is 0 Å². The molecule has 1 N–H and O–H groups in total. The lowest BCUT2D eigenvalue weighted by Crippen LogP contribution is -2.51. The van der Waals surface area contributed by atoms with Gasteiger partial charge in [0, 0.05) is 0 Å². The van der Waals surface area contributed by atoms with Crippen molar-refractivity contribution in [1.82, 2.24) is 4.98 Å². The minimum Gasteiger partial charge on any atom is -0.301 e. The zero-order chi connectivity index (χ0) is 17.2. The van der Waals surface area contributed by atoms with Gasteiger partial charge in [-0.2, -0.15) is 0 Å². The molecule has 1 aromatic carbocycles. The van der Waals surface area contributed by atoms with Gasteiger partial charge in [-0.25, -0.2) is 4.98 Å². The molecule has 3 nitrogen and oxygen atoms in total. The SMILES string of the molecule is CC(C)c1cccc2sc(NC(=O)C34CC5CC(CC(C5)C3)C4)nc12. The van der Waals surface area contributed by atoms with Crippen LogP contribution in [0.1, 0.15) is 63.9 Å². The summed E-state index contributed by atoms with van der Waals surface area (Å²) in [5, 5.41) is 4.00. The van der Waals surface area contributed by atoms with Crippen molar-refractivity contribution in [2.45, 2.75) is 58.3 Å². The summed E-state index contributed by atoms with van der Waals surface area (Å²) < 4.78 is 1.17. The highest BCUT2D eigenvalue weighted by molar-refractivity contribution is 7.22. The van der Waals surface area contributed by atoms with Gasteiger partial charge in [-0.15, -0.1) is 0 Å². The van der Waals surface area contributed by atoms with E-state index in [2.05, 4.69) is 37.4 Å². The van der Waals surface area contributed by atoms with Gasteiger partial charge < -0.3 is 5.32 Å². The van der Waals surface area contributed by atoms with Crippen LogP contribution in [-0.2, 0) is 4.79 Å². The van der Waals surface area contributed by atoms with Crippen LogP contribution in [0.4, 0.5) is 5.13 Å². The lowest BCUT2D eigenvalue weighted by atomic mass is 9.49. The summed E-state index contributed by atoms with van der Waals surface area (Å²) in [6, 6.07) is 6.36. The molecule has 6 rings (SSSR count). The number of nitrogens with one attached hydrogen (secondary N) is 1. The molecule has 0 saturated heterocycles. The zero-order valence-electron chi connectivity index (χ0n) is 15.0. The fraction of sp³-hybridized carbons (Fsp3) is 0.619. The topological polar surface area (TPSA) is 42.0 Å². The predicted octanol–water partition coefficient (Wildman–Crippen LogP) is 5.57. The van der Waals surface area contributed by atoms with Gasteiger partial charge in [-0.05, 0) is 73.8 Å². The molecule has 25 heavy (non-hydrogen) atoms. The monoisotopic (exact) mass is 354 g/mol. The third kappa shape index (κ3) is 2.52. The Balaban J connectivity index is 1.43. The zero-order valence-corrected chi connectivity index (χ0v) is 15.9. The van der Waals surface area contributed by atoms with Crippen LogP contribution in [0.2, 0.25) is 0 Å². The number of aromatic nitrogens is 1. The molecule has 0 aliphatic heterocycles. The Labute approximate surface area is 153 Å². The fourth-order valence-corrected chi connectivity index (χ4v) is 7.00. The van der Waals surface area contributed by atoms with E-state index in [0.717, 1.165) is 47.7 Å². The standard InChI is InChI=1S/C21H26N2OS/c1-12(2)16-4-3-5-17-18(16)22-20(25-17)23-19(24)21-9-13-6-14(10-21)8-15(7-13)11-21/h3-5,12-15H,6-11H2,1-2H3,(H,22,23,24). The first kappa shape index (κ1) is 15.8. The molecular weight excluding hydrogens is 328 g/mol. The number of thiazole rings is 1. The number of carbonyl (C=O) groups excluding carboxylic acids is 1. The lowest BCUT2D eigenvalue weighted by molar-refractivity contribution is -0.140. The average molecular weight is 355 g/mol. The predicted molar refractivity (Wildman–Crippen MR) is 103 cm³/mol. The Morgan fingerprint density at radius 1 is 1.16 bits per heavy atom. The van der Waals surface area contributed by atoms with Gasteiger partial charge in [0.15, 0.2) is 5.13 Å². The largest absolute Gasteiger partial charge is 0.301 e. The van der Waals surface area contributed by atoms with E-state index in [9.17, 15) is 4.79 Å². The van der Waals surface area contributed by atoms with Gasteiger partial charge in [0.2, 0.25) is 5.91 Å². The molecular formula is C21H26N2OS. The molecule has 1 amide bonds. The van der Waals surface area contributed by atoms with E-state index in [4.69, 9.17) is 4.98 Å². The maximum Gasteiger partial charge on any atom is 0.232 e. The van der Waals surface area contributed by atoms with Crippen molar-refractivity contribution in [3.05, 3.63) is 23.8 Å². The summed E-state index contributed by atoms with van der Waals surface area (Å²) in [4.78, 5) is 18.0. The van der Waals surface area contributed by atoms with Gasteiger partial charge in [-0.1, -0.05) is 37.3 Å². The Morgan fingerprint density at radius 3 is 2.40 bits per heavy atom. The molecule has 0 unspecified atom stereocenters. The summed E-state index contributed by atoms with van der Waals surface area (Å²) in [5.74, 6) is 3.06. The number of anilines is 1. The fourth-order valence-electron chi connectivity index (χ4n) is 6.11. The first-order chi connectivity index (χ1) is 12.0. The van der Waals surface area contributed by atoms with Crippen LogP contribution in [0.3, 0.4) is 0 Å². The van der Waals surface area contributed by atoms with Crippen molar-refractivity contribution < 1.29 is 4.79 Å². The molecule has 132 valence electrons. The van der Waals surface area contributed by atoms with Crippen LogP contribution in [-0.4, -0.2) is 10.9 Å². The summed E-state index contributed by atoms with van der Waals surface area (Å²) in [6.45, 7) is 4.39. The minimum absolute atomic E-state index is 0.104. The molecule has 4 fully saturated rings. The van der Waals surface area contributed by atoms with Crippen molar-refractivity contribution in [3.8, 4) is 0 Å². The quantitative estimate of drug-likeness (QED) is 0.782. The number of fused-ring (bicyclic) bond motifs is 1. The molecule has 1 aromatic heterocycles. The van der Waals surface area contributed by atoms with Crippen LogP contribution >= 0.6 is 11.3 Å². The molecule has 0 atom stereocenters. The van der Waals surface area contributed by atoms with Crippen LogP contribution in [0.5, 0.6) is 0 Å². The highest BCUT2D eigenvalue weighted by Crippen LogP contribution is 2.60. The number of benzene rings is 1. The molecule has 4 bridgehead atoms. The molecule has 1 heterocycles. The Morgan fingerprint density at radius 2 is 1.80 bits per heavy atom. The summed E-state index contributed by atoms with van der Waals surface area (Å²) in [7, 11) is 0. The van der Waals surface area contributed by atoms with E-state index < -0.39 is 0 Å². The molecule has 4 aliphatic rings. The van der Waals surface area contributed by atoms with Crippen molar-refractivity contribution >= 4 is 32.6 Å². The number of nitrogens with zero attached hydrogens (tertiary/aromatic N) is 1. The Bertz CT molecular complexity index is 802. The van der Waals surface area contributed by atoms with Crippen LogP contribution in [0.15, 0.2) is 18.2 Å². The number of rotatable bonds is 3. The van der Waals surface area contributed by atoms with Crippen molar-refractivity contribution in [1.29, 1.82) is 0 Å². The second-order valence-corrected chi connectivity index (χ2v) is 10.1. The normalized spacial score (nSPS) is 33.3. The minimum atomic E-state index is -0.104. The average Bonchev–Trinajstić information content (AvgIpc) is 2.95. The third-order valence-electron chi connectivity index (χ3n) is 6.81. The van der Waals surface area contributed by atoms with Gasteiger partial charge >= 0.3 is 0 Å². The Kier molecular flexibility index (Phi) is 3.50. The van der Waals surface area contributed by atoms with Gasteiger partial charge in [-0.3, -0.25) is 4.79 Å². The van der Waals surface area contributed by atoms with E-state index in [0.29, 0.717) is 5.92 Å². The van der Waals surface area contributed by atoms with Crippen LogP contribution in [0.25, 0.3) is 10.2 Å². The first-order valence-corrected chi connectivity index (χ1v) is 10.5. The molecule has 4 aliphatic carbocycles. The Hall–Kier alpha value is -1.42. The lowest BCUT2D eigenvalue weighted by Gasteiger charge is -2.55. The van der Waals surface area contributed by atoms with Crippen LogP contribution in [0, 0.1) is 23.2 Å². The number of para-hydroxylation sites is 1. The third-order valence-corrected chi connectivity index (χ3v) is 7.75. The highest BCUT2D eigenvalue weighted by Gasteiger charge is 2.54. The molecule has 0 spiro atoms. The van der Waals surface area contributed by atoms with Crippen molar-refractivity contribution in [2.24, 2.45) is 23.2 Å². The summed E-state index contributed by atoms with van der Waals surface area (Å²) in [5.41, 5.74) is 2.22. The van der Waals surface area contributed by atoms with E-state index in [-0.39, 0.29) is 11.3 Å². The molecule has 4 heteroatoms. The van der Waals surface area contributed by atoms with Crippen molar-refractivity contribution in [2.75, 3.05) is 5.32 Å². The van der Waals surface area contributed by atoms with Gasteiger partial charge in [0.05, 0.1) is 15.6 Å². The number of carbonyl (C=O) groups is 1. The van der Waals surface area contributed by atoms with Crippen LogP contribution < -0.4 is 5.32 Å². The first-order valence-electron chi connectivity index (χ1n) is 9.73.